The zero-order valence-electron chi connectivity index (χ0n) is 15.5. The molecule has 0 radical (unpaired) electrons. The van der Waals surface area contributed by atoms with E-state index in [4.69, 9.17) is 21.4 Å². The molecule has 0 aliphatic heterocycles. The predicted octanol–water partition coefficient (Wildman–Crippen LogP) is 2.90. The first-order valence-electron chi connectivity index (χ1n) is 8.46. The van der Waals surface area contributed by atoms with Crippen molar-refractivity contribution in [2.24, 2.45) is 0 Å². The number of anilines is 2. The standard InChI is InChI=1S/C19H15ClFN5O4/c1-30-15-8-23-17(11-6-10(20)2-3-13(11)21)26-18(15)25-14-4-5-22-7-12(14)19(29)24-9-16(27)28/h2-8H,9H2,1H3,(H,24,29)(H,27,28)(H,22,23,25,26). The summed E-state index contributed by atoms with van der Waals surface area (Å²) in [5, 5.41) is 14.2. The van der Waals surface area contributed by atoms with E-state index in [-0.39, 0.29) is 34.2 Å². The molecule has 0 aliphatic carbocycles. The monoisotopic (exact) mass is 431 g/mol. The highest BCUT2D eigenvalue weighted by atomic mass is 35.5. The maximum atomic E-state index is 14.2. The molecule has 0 saturated carbocycles. The molecule has 154 valence electrons. The van der Waals surface area contributed by atoms with Crippen LogP contribution in [-0.2, 0) is 4.79 Å². The third kappa shape index (κ3) is 4.78. The van der Waals surface area contributed by atoms with Crippen LogP contribution in [0.1, 0.15) is 10.4 Å². The lowest BCUT2D eigenvalue weighted by Crippen LogP contribution is -2.29. The number of nitrogens with zero attached hydrogens (tertiary/aromatic N) is 3. The average molecular weight is 432 g/mol. The van der Waals surface area contributed by atoms with E-state index in [2.05, 4.69) is 25.6 Å². The van der Waals surface area contributed by atoms with Gasteiger partial charge in [0.1, 0.15) is 12.4 Å². The van der Waals surface area contributed by atoms with Crippen LogP contribution in [0.15, 0.2) is 42.9 Å². The largest absolute Gasteiger partial charge is 0.491 e. The fraction of sp³-hybridized carbons (Fsp3) is 0.105. The third-order valence-electron chi connectivity index (χ3n) is 3.86. The highest BCUT2D eigenvalue weighted by Gasteiger charge is 2.17. The van der Waals surface area contributed by atoms with E-state index in [1.807, 2.05) is 0 Å². The van der Waals surface area contributed by atoms with Crippen LogP contribution in [0.4, 0.5) is 15.9 Å². The number of amides is 1. The summed E-state index contributed by atoms with van der Waals surface area (Å²) < 4.78 is 19.5. The quantitative estimate of drug-likeness (QED) is 0.521. The summed E-state index contributed by atoms with van der Waals surface area (Å²) in [6.07, 6.45) is 4.04. The summed E-state index contributed by atoms with van der Waals surface area (Å²) in [6, 6.07) is 5.49. The first kappa shape index (κ1) is 20.9. The van der Waals surface area contributed by atoms with Gasteiger partial charge < -0.3 is 20.5 Å². The fourth-order valence-corrected chi connectivity index (χ4v) is 2.64. The Morgan fingerprint density at radius 3 is 2.80 bits per heavy atom. The number of pyridine rings is 1. The molecule has 0 unspecified atom stereocenters. The third-order valence-corrected chi connectivity index (χ3v) is 4.10. The number of carbonyl (C=O) groups is 2. The molecule has 0 fully saturated rings. The number of hydrogen-bond acceptors (Lipinski definition) is 7. The van der Waals surface area contributed by atoms with E-state index < -0.39 is 24.2 Å². The summed E-state index contributed by atoms with van der Waals surface area (Å²) in [4.78, 5) is 35.3. The summed E-state index contributed by atoms with van der Waals surface area (Å²) >= 11 is 5.95. The number of carbonyl (C=O) groups excluding carboxylic acids is 1. The van der Waals surface area contributed by atoms with Gasteiger partial charge in [0, 0.05) is 17.4 Å². The molecule has 9 nitrogen and oxygen atoms in total. The smallest absolute Gasteiger partial charge is 0.322 e. The minimum absolute atomic E-state index is 0.0456. The topological polar surface area (TPSA) is 126 Å². The molecular weight excluding hydrogens is 417 g/mol. The second-order valence-electron chi connectivity index (χ2n) is 5.86. The number of ether oxygens (including phenoxy) is 1. The van der Waals surface area contributed by atoms with Gasteiger partial charge in [-0.1, -0.05) is 11.6 Å². The molecule has 3 N–H and O–H groups in total. The van der Waals surface area contributed by atoms with Crippen molar-refractivity contribution in [3.8, 4) is 17.1 Å². The minimum Gasteiger partial charge on any atom is -0.491 e. The van der Waals surface area contributed by atoms with Crippen LogP contribution in [0.3, 0.4) is 0 Å². The van der Waals surface area contributed by atoms with Crippen LogP contribution in [-0.4, -0.2) is 45.6 Å². The van der Waals surface area contributed by atoms with Crippen LogP contribution in [0.2, 0.25) is 5.02 Å². The van der Waals surface area contributed by atoms with Gasteiger partial charge >= 0.3 is 5.97 Å². The van der Waals surface area contributed by atoms with Crippen molar-refractivity contribution in [1.29, 1.82) is 0 Å². The molecule has 0 spiro atoms. The van der Waals surface area contributed by atoms with Gasteiger partial charge in [-0.15, -0.1) is 0 Å². The normalized spacial score (nSPS) is 10.4. The molecule has 0 atom stereocenters. The maximum Gasteiger partial charge on any atom is 0.322 e. The molecule has 30 heavy (non-hydrogen) atoms. The maximum absolute atomic E-state index is 14.2. The second-order valence-corrected chi connectivity index (χ2v) is 6.29. The Bertz CT molecular complexity index is 1110. The van der Waals surface area contributed by atoms with E-state index in [9.17, 15) is 14.0 Å². The van der Waals surface area contributed by atoms with Crippen molar-refractivity contribution in [1.82, 2.24) is 20.3 Å². The van der Waals surface area contributed by atoms with Gasteiger partial charge in [-0.25, -0.2) is 14.4 Å². The van der Waals surface area contributed by atoms with Gasteiger partial charge in [-0.3, -0.25) is 14.6 Å². The van der Waals surface area contributed by atoms with E-state index >= 15 is 0 Å². The number of benzene rings is 1. The van der Waals surface area contributed by atoms with Crippen molar-refractivity contribution in [2.75, 3.05) is 19.0 Å². The summed E-state index contributed by atoms with van der Waals surface area (Å²) in [7, 11) is 1.40. The Kier molecular flexibility index (Phi) is 6.38. The highest BCUT2D eigenvalue weighted by Crippen LogP contribution is 2.30. The number of rotatable bonds is 7. The summed E-state index contributed by atoms with van der Waals surface area (Å²) in [6.45, 7) is -0.553. The Balaban J connectivity index is 1.98. The van der Waals surface area contributed by atoms with E-state index in [0.29, 0.717) is 5.02 Å². The molecule has 0 saturated heterocycles. The fourth-order valence-electron chi connectivity index (χ4n) is 2.47. The van der Waals surface area contributed by atoms with Gasteiger partial charge in [0.25, 0.3) is 5.91 Å². The van der Waals surface area contributed by atoms with Crippen molar-refractivity contribution < 1.29 is 23.8 Å². The first-order chi connectivity index (χ1) is 14.4. The number of aliphatic carboxylic acids is 1. The minimum atomic E-state index is -1.19. The first-order valence-corrected chi connectivity index (χ1v) is 8.84. The van der Waals surface area contributed by atoms with Crippen LogP contribution in [0.5, 0.6) is 5.75 Å². The summed E-state index contributed by atoms with van der Waals surface area (Å²) in [5.41, 5.74) is 0.444. The van der Waals surface area contributed by atoms with Crippen LogP contribution >= 0.6 is 11.6 Å². The van der Waals surface area contributed by atoms with E-state index in [0.717, 1.165) is 0 Å². The van der Waals surface area contributed by atoms with Crippen LogP contribution < -0.4 is 15.4 Å². The zero-order chi connectivity index (χ0) is 21.7. The molecular formula is C19H15ClFN5O4. The summed E-state index contributed by atoms with van der Waals surface area (Å²) in [5.74, 6) is -1.97. The highest BCUT2D eigenvalue weighted by molar-refractivity contribution is 6.30. The van der Waals surface area contributed by atoms with Crippen molar-refractivity contribution in [3.05, 3.63) is 59.3 Å². The molecule has 3 aromatic rings. The Morgan fingerprint density at radius 2 is 2.07 bits per heavy atom. The number of halogens is 2. The van der Waals surface area contributed by atoms with Crippen LogP contribution in [0, 0.1) is 5.82 Å². The van der Waals surface area contributed by atoms with Crippen molar-refractivity contribution in [2.45, 2.75) is 0 Å². The Morgan fingerprint density at radius 1 is 1.27 bits per heavy atom. The molecule has 0 bridgehead atoms. The molecule has 2 heterocycles. The number of aromatic nitrogens is 3. The molecule has 2 aromatic heterocycles. The van der Waals surface area contributed by atoms with E-state index in [1.165, 1.54) is 50.0 Å². The van der Waals surface area contributed by atoms with Crippen LogP contribution in [0.25, 0.3) is 11.4 Å². The van der Waals surface area contributed by atoms with E-state index in [1.54, 1.807) is 0 Å². The number of hydrogen-bond donors (Lipinski definition) is 3. The molecule has 1 amide bonds. The number of methoxy groups -OCH3 is 1. The second kappa shape index (κ2) is 9.14. The zero-order valence-corrected chi connectivity index (χ0v) is 16.3. The van der Waals surface area contributed by atoms with Crippen molar-refractivity contribution in [3.63, 3.8) is 0 Å². The molecule has 0 aliphatic rings. The molecule has 1 aromatic carbocycles. The molecule has 11 heteroatoms. The lowest BCUT2D eigenvalue weighted by atomic mass is 10.2. The number of nitrogens with one attached hydrogen (secondary N) is 2. The van der Waals surface area contributed by atoms with Gasteiger partial charge in [0.2, 0.25) is 0 Å². The predicted molar refractivity (Wildman–Crippen MR) is 106 cm³/mol. The average Bonchev–Trinajstić information content (AvgIpc) is 2.74. The molecule has 3 rings (SSSR count). The lowest BCUT2D eigenvalue weighted by Gasteiger charge is -2.14. The van der Waals surface area contributed by atoms with Gasteiger partial charge in [0.15, 0.2) is 17.4 Å². The van der Waals surface area contributed by atoms with Crippen molar-refractivity contribution >= 4 is 35.0 Å². The SMILES string of the molecule is COc1cnc(-c2cc(Cl)ccc2F)nc1Nc1ccncc1C(=O)NCC(=O)O. The Hall–Kier alpha value is -3.79. The van der Waals surface area contributed by atoms with Gasteiger partial charge in [0.05, 0.1) is 30.1 Å². The van der Waals surface area contributed by atoms with Gasteiger partial charge in [-0.2, -0.15) is 0 Å². The Labute approximate surface area is 174 Å². The number of carboxylic acids is 1. The lowest BCUT2D eigenvalue weighted by molar-refractivity contribution is -0.135. The van der Waals surface area contributed by atoms with Gasteiger partial charge in [-0.05, 0) is 24.3 Å². The number of carboxylic acid groups (broad SMARTS) is 1.